The van der Waals surface area contributed by atoms with E-state index in [4.69, 9.17) is 17.3 Å². The summed E-state index contributed by atoms with van der Waals surface area (Å²) >= 11 is 9.37. The summed E-state index contributed by atoms with van der Waals surface area (Å²) in [5.41, 5.74) is 0.126. The highest BCUT2D eigenvalue weighted by Gasteiger charge is 2.30. The molecule has 2 heterocycles. The van der Waals surface area contributed by atoms with Crippen LogP contribution < -0.4 is 10.6 Å². The molecule has 2 aromatic rings. The summed E-state index contributed by atoms with van der Waals surface area (Å²) in [6.45, 7) is 0. The van der Waals surface area contributed by atoms with Gasteiger partial charge in [-0.05, 0) is 36.8 Å². The van der Waals surface area contributed by atoms with Crippen LogP contribution in [0.4, 0.5) is 0 Å². The first kappa shape index (κ1) is 19.4. The number of aromatic hydroxyl groups is 1. The largest absolute Gasteiger partial charge is 0.493 e. The lowest BCUT2D eigenvalue weighted by atomic mass is 10.1. The fourth-order valence-corrected chi connectivity index (χ4v) is 4.55. The van der Waals surface area contributed by atoms with E-state index < -0.39 is 36.2 Å². The van der Waals surface area contributed by atoms with Crippen LogP contribution in [0, 0.1) is 3.95 Å². The lowest BCUT2D eigenvalue weighted by molar-refractivity contribution is -0.142. The van der Waals surface area contributed by atoms with Crippen LogP contribution in [0.2, 0.25) is 0 Å². The van der Waals surface area contributed by atoms with Crippen LogP contribution in [0.3, 0.4) is 0 Å². The van der Waals surface area contributed by atoms with Gasteiger partial charge < -0.3 is 15.3 Å². The molecule has 0 fully saturated rings. The minimum absolute atomic E-state index is 0.0176. The molecule has 1 aliphatic rings. The number of fused-ring (bicyclic) bond motifs is 1. The summed E-state index contributed by atoms with van der Waals surface area (Å²) < 4.78 is 1.69. The Morgan fingerprint density at radius 1 is 1.33 bits per heavy atom. The molecule has 1 unspecified atom stereocenters. The van der Waals surface area contributed by atoms with Crippen LogP contribution in [-0.2, 0) is 14.4 Å². The Morgan fingerprint density at radius 3 is 2.67 bits per heavy atom. The molecule has 0 radical (unpaired) electrons. The van der Waals surface area contributed by atoms with Crippen molar-refractivity contribution in [2.45, 2.75) is 18.9 Å². The van der Waals surface area contributed by atoms with Gasteiger partial charge in [-0.2, -0.15) is 0 Å². The summed E-state index contributed by atoms with van der Waals surface area (Å²) in [4.78, 5) is 38.8. The zero-order valence-corrected chi connectivity index (χ0v) is 16.6. The van der Waals surface area contributed by atoms with Crippen molar-refractivity contribution in [3.63, 3.8) is 0 Å². The average Bonchev–Trinajstić information content (AvgIpc) is 3.04. The standard InChI is InChI=1S/C16H11BrN2O6S2/c17-6-1-2-8-7(5-6)11(13(22)18-8)12-14(23)19(16(26)27-12)9(15(24)25)3-4-10(20)21/h1-2,5,9,23H,3-4H2,(H,20,21)(H,24,25). The Labute approximate surface area is 168 Å². The molecule has 11 heteroatoms. The molecule has 1 aliphatic heterocycles. The number of aliphatic carboxylic acids is 2. The van der Waals surface area contributed by atoms with Crippen molar-refractivity contribution >= 4 is 62.9 Å². The van der Waals surface area contributed by atoms with Crippen LogP contribution in [0.5, 0.6) is 5.88 Å². The van der Waals surface area contributed by atoms with Gasteiger partial charge in [0.1, 0.15) is 10.9 Å². The Kier molecular flexibility index (Phi) is 5.27. The molecule has 1 amide bonds. The molecule has 1 aromatic heterocycles. The topological polar surface area (TPSA) is 129 Å². The van der Waals surface area contributed by atoms with E-state index in [1.807, 2.05) is 0 Å². The number of halogens is 1. The van der Waals surface area contributed by atoms with Gasteiger partial charge in [0.05, 0.1) is 10.9 Å². The van der Waals surface area contributed by atoms with Gasteiger partial charge in [0.25, 0.3) is 5.91 Å². The van der Waals surface area contributed by atoms with E-state index in [0.29, 0.717) is 15.0 Å². The zero-order valence-electron chi connectivity index (χ0n) is 13.4. The summed E-state index contributed by atoms with van der Waals surface area (Å²) in [5, 5.41) is 29.8. The number of carboxylic acid groups (broad SMARTS) is 2. The number of hydrogen-bond acceptors (Lipinski definition) is 6. The molecule has 3 N–H and O–H groups in total. The lowest BCUT2D eigenvalue weighted by Gasteiger charge is -2.14. The predicted octanol–water partition coefficient (Wildman–Crippen LogP) is 1.60. The summed E-state index contributed by atoms with van der Waals surface area (Å²) in [6.07, 6.45) is -0.678. The average molecular weight is 471 g/mol. The van der Waals surface area contributed by atoms with Gasteiger partial charge in [-0.1, -0.05) is 15.9 Å². The highest BCUT2D eigenvalue weighted by molar-refractivity contribution is 9.10. The normalized spacial score (nSPS) is 14.0. The van der Waals surface area contributed by atoms with E-state index in [1.165, 1.54) is 0 Å². The Morgan fingerprint density at radius 2 is 2.04 bits per heavy atom. The third-order valence-corrected chi connectivity index (χ3v) is 5.84. The van der Waals surface area contributed by atoms with Gasteiger partial charge >= 0.3 is 11.9 Å². The van der Waals surface area contributed by atoms with Crippen LogP contribution in [-0.4, -0.2) is 37.7 Å². The molecule has 1 atom stereocenters. The number of rotatable bonds is 6. The van der Waals surface area contributed by atoms with Crippen LogP contribution in [0.15, 0.2) is 27.7 Å². The molecule has 0 bridgehead atoms. The van der Waals surface area contributed by atoms with E-state index in [-0.39, 0.29) is 20.8 Å². The first-order valence-corrected chi connectivity index (χ1v) is 9.54. The van der Waals surface area contributed by atoms with Crippen molar-refractivity contribution in [1.82, 2.24) is 4.57 Å². The summed E-state index contributed by atoms with van der Waals surface area (Å²) in [7, 11) is 0. The smallest absolute Gasteiger partial charge is 0.326 e. The molecule has 0 saturated heterocycles. The van der Waals surface area contributed by atoms with Crippen LogP contribution in [0.25, 0.3) is 5.57 Å². The number of nitrogens with zero attached hydrogens (tertiary/aromatic N) is 2. The van der Waals surface area contributed by atoms with Crippen molar-refractivity contribution in [2.75, 3.05) is 0 Å². The first-order chi connectivity index (χ1) is 12.7. The van der Waals surface area contributed by atoms with Gasteiger partial charge in [0, 0.05) is 16.1 Å². The molecule has 140 valence electrons. The molecule has 0 spiro atoms. The third kappa shape index (κ3) is 3.57. The number of carboxylic acids is 2. The Bertz CT molecular complexity index is 1170. The van der Waals surface area contributed by atoms with Crippen molar-refractivity contribution < 1.29 is 29.7 Å². The summed E-state index contributed by atoms with van der Waals surface area (Å²) in [6, 6.07) is 3.67. The van der Waals surface area contributed by atoms with Gasteiger partial charge in [0.2, 0.25) is 5.88 Å². The molecular weight excluding hydrogens is 460 g/mol. The second-order valence-electron chi connectivity index (χ2n) is 5.63. The maximum absolute atomic E-state index is 12.4. The SMILES string of the molecule is O=C(O)CCC(C(=O)O)n1c(O)c(C2=c3cc(Br)ccc3=NC2=O)sc1=S. The molecule has 27 heavy (non-hydrogen) atoms. The third-order valence-electron chi connectivity index (χ3n) is 3.94. The zero-order chi connectivity index (χ0) is 19.9. The van der Waals surface area contributed by atoms with E-state index in [1.54, 1.807) is 18.2 Å². The number of thiazole rings is 1. The van der Waals surface area contributed by atoms with E-state index in [9.17, 15) is 24.6 Å². The van der Waals surface area contributed by atoms with Crippen molar-refractivity contribution in [3.8, 4) is 5.88 Å². The van der Waals surface area contributed by atoms with Crippen LogP contribution >= 0.6 is 39.5 Å². The molecular formula is C16H11BrN2O6S2. The van der Waals surface area contributed by atoms with Gasteiger partial charge in [-0.15, -0.1) is 11.3 Å². The molecule has 0 aliphatic carbocycles. The number of hydrogen-bond donors (Lipinski definition) is 3. The van der Waals surface area contributed by atoms with Crippen LogP contribution in [0.1, 0.15) is 23.8 Å². The van der Waals surface area contributed by atoms with Gasteiger partial charge in [-0.3, -0.25) is 14.2 Å². The van der Waals surface area contributed by atoms with E-state index in [0.717, 1.165) is 15.9 Å². The second kappa shape index (κ2) is 7.33. The minimum Gasteiger partial charge on any atom is -0.493 e. The van der Waals surface area contributed by atoms with Gasteiger partial charge in [-0.25, -0.2) is 9.79 Å². The fourth-order valence-electron chi connectivity index (χ4n) is 2.74. The second-order valence-corrected chi connectivity index (χ2v) is 8.19. The predicted molar refractivity (Wildman–Crippen MR) is 101 cm³/mol. The number of benzene rings is 1. The minimum atomic E-state index is -1.37. The van der Waals surface area contributed by atoms with Crippen molar-refractivity contribution in [1.29, 1.82) is 0 Å². The number of carbonyl (C=O) groups is 3. The van der Waals surface area contributed by atoms with Crippen molar-refractivity contribution in [2.24, 2.45) is 4.99 Å². The highest BCUT2D eigenvalue weighted by Crippen LogP contribution is 2.36. The molecule has 3 rings (SSSR count). The maximum Gasteiger partial charge on any atom is 0.326 e. The first-order valence-electron chi connectivity index (χ1n) is 7.53. The van der Waals surface area contributed by atoms with Gasteiger partial charge in [0.15, 0.2) is 3.95 Å². The Hall–Kier alpha value is -2.37. The van der Waals surface area contributed by atoms with Crippen molar-refractivity contribution in [3.05, 3.63) is 42.1 Å². The Balaban J connectivity index is 2.20. The fraction of sp³-hybridized carbons (Fsp3) is 0.188. The summed E-state index contributed by atoms with van der Waals surface area (Å²) in [5.74, 6) is -3.56. The molecule has 0 saturated carbocycles. The van der Waals surface area contributed by atoms with E-state index >= 15 is 0 Å². The maximum atomic E-state index is 12.4. The number of amides is 1. The molecule has 8 nitrogen and oxygen atoms in total. The number of aromatic nitrogens is 1. The van der Waals surface area contributed by atoms with E-state index in [2.05, 4.69) is 20.9 Å². The lowest BCUT2D eigenvalue weighted by Crippen LogP contribution is -2.23. The highest BCUT2D eigenvalue weighted by atomic mass is 79.9. The quantitative estimate of drug-likeness (QED) is 0.546. The number of carbonyl (C=O) groups excluding carboxylic acids is 1. The monoisotopic (exact) mass is 470 g/mol. The molecule has 1 aromatic carbocycles.